The van der Waals surface area contributed by atoms with Gasteiger partial charge in [-0.15, -0.1) is 0 Å². The van der Waals surface area contributed by atoms with E-state index in [1.165, 1.54) is 19.3 Å². The van der Waals surface area contributed by atoms with E-state index in [0.717, 1.165) is 24.6 Å². The Hall–Kier alpha value is -3.60. The van der Waals surface area contributed by atoms with E-state index >= 15 is 0 Å². The molecule has 8 heteroatoms. The summed E-state index contributed by atoms with van der Waals surface area (Å²) in [7, 11) is 0. The lowest BCUT2D eigenvalue weighted by Crippen LogP contribution is -2.12. The Morgan fingerprint density at radius 3 is 2.19 bits per heavy atom. The molecule has 0 aliphatic rings. The number of rotatable bonds is 9. The van der Waals surface area contributed by atoms with Crippen molar-refractivity contribution in [3.05, 3.63) is 71.4 Å². The van der Waals surface area contributed by atoms with Crippen molar-refractivity contribution >= 4 is 23.1 Å². The van der Waals surface area contributed by atoms with E-state index in [1.54, 1.807) is 36.4 Å². The molecule has 3 aromatic rings. The first kappa shape index (κ1) is 23.1. The summed E-state index contributed by atoms with van der Waals surface area (Å²) >= 11 is 0. The molecule has 1 heterocycles. The number of benzene rings is 2. The molecule has 1 aromatic heterocycles. The number of nitriles is 1. The van der Waals surface area contributed by atoms with Crippen LogP contribution in [0, 0.1) is 11.3 Å². The van der Waals surface area contributed by atoms with Crippen LogP contribution in [0.4, 0.5) is 36.3 Å². The molecule has 32 heavy (non-hydrogen) atoms. The molecule has 0 saturated heterocycles. The Labute approximate surface area is 185 Å². The summed E-state index contributed by atoms with van der Waals surface area (Å²) in [4.78, 5) is 7.85. The third kappa shape index (κ3) is 6.45. The monoisotopic (exact) mass is 439 g/mol. The zero-order chi connectivity index (χ0) is 23.0. The lowest BCUT2D eigenvalue weighted by Gasteiger charge is -2.15. The molecule has 0 amide bonds. The molecular weight excluding hydrogens is 415 g/mol. The van der Waals surface area contributed by atoms with Crippen molar-refractivity contribution in [2.75, 3.05) is 10.6 Å². The second-order valence-corrected chi connectivity index (χ2v) is 7.40. The number of aryl methyl sites for hydroxylation is 1. The Kier molecular flexibility index (Phi) is 7.66. The molecule has 0 unspecified atom stereocenters. The lowest BCUT2D eigenvalue weighted by atomic mass is 10.1. The molecule has 0 aliphatic heterocycles. The van der Waals surface area contributed by atoms with E-state index in [-0.39, 0.29) is 11.8 Å². The van der Waals surface area contributed by atoms with Gasteiger partial charge in [0.15, 0.2) is 0 Å². The van der Waals surface area contributed by atoms with Gasteiger partial charge in [-0.1, -0.05) is 38.3 Å². The van der Waals surface area contributed by atoms with Gasteiger partial charge in [0.05, 0.1) is 11.6 Å². The highest BCUT2D eigenvalue weighted by molar-refractivity contribution is 5.63. The molecule has 2 aromatic carbocycles. The molecule has 2 N–H and O–H groups in total. The minimum atomic E-state index is -4.60. The highest BCUT2D eigenvalue weighted by Crippen LogP contribution is 2.35. The maximum absolute atomic E-state index is 13.5. The molecular formula is C24H24F3N5. The van der Waals surface area contributed by atoms with E-state index in [1.807, 2.05) is 18.2 Å². The van der Waals surface area contributed by atoms with Gasteiger partial charge < -0.3 is 10.6 Å². The number of alkyl halides is 3. The fourth-order valence-corrected chi connectivity index (χ4v) is 3.15. The van der Waals surface area contributed by atoms with E-state index in [9.17, 15) is 13.2 Å². The van der Waals surface area contributed by atoms with E-state index in [4.69, 9.17) is 5.26 Å². The average Bonchev–Trinajstić information content (AvgIpc) is 2.78. The summed E-state index contributed by atoms with van der Waals surface area (Å²) in [5.41, 5.74) is 1.73. The third-order valence-corrected chi connectivity index (χ3v) is 4.90. The summed E-state index contributed by atoms with van der Waals surface area (Å²) in [6.45, 7) is 2.16. The number of aromatic nitrogens is 2. The van der Waals surface area contributed by atoms with E-state index in [2.05, 4.69) is 27.5 Å². The molecule has 0 fully saturated rings. The Bertz CT molecular complexity index is 1050. The standard InChI is InChI=1S/C24H24F3N5/c1-2-3-4-5-6-17-7-11-19(12-8-17)30-22-21(24(25,26)27)16-29-23(32-22)31-20-13-9-18(15-28)10-14-20/h7-14,16H,2-6H2,1H3,(H2,29,30,31,32). The van der Waals surface area contributed by atoms with Crippen LogP contribution in [-0.4, -0.2) is 9.97 Å². The van der Waals surface area contributed by atoms with Crippen LogP contribution in [0.2, 0.25) is 0 Å². The van der Waals surface area contributed by atoms with Gasteiger partial charge in [0, 0.05) is 17.6 Å². The largest absolute Gasteiger partial charge is 0.421 e. The predicted molar refractivity (Wildman–Crippen MR) is 119 cm³/mol. The first-order valence-electron chi connectivity index (χ1n) is 10.5. The van der Waals surface area contributed by atoms with E-state index in [0.29, 0.717) is 16.9 Å². The quantitative estimate of drug-likeness (QED) is 0.352. The van der Waals surface area contributed by atoms with Crippen LogP contribution in [0.3, 0.4) is 0 Å². The van der Waals surface area contributed by atoms with Gasteiger partial charge >= 0.3 is 6.18 Å². The molecule has 0 saturated carbocycles. The summed E-state index contributed by atoms with van der Waals surface area (Å²) in [5, 5.41) is 14.5. The Morgan fingerprint density at radius 1 is 0.906 bits per heavy atom. The zero-order valence-electron chi connectivity index (χ0n) is 17.7. The smallest absolute Gasteiger partial charge is 0.340 e. The summed E-state index contributed by atoms with van der Waals surface area (Å²) in [6, 6.07) is 15.8. The predicted octanol–water partition coefficient (Wildman–Crippen LogP) is 6.98. The molecule has 0 atom stereocenters. The SMILES string of the molecule is CCCCCCc1ccc(Nc2nc(Nc3ccc(C#N)cc3)ncc2C(F)(F)F)cc1. The summed E-state index contributed by atoms with van der Waals surface area (Å²) in [6.07, 6.45) is 1.73. The van der Waals surface area contributed by atoms with Crippen LogP contribution in [-0.2, 0) is 12.6 Å². The van der Waals surface area contributed by atoms with Gasteiger partial charge in [0.25, 0.3) is 0 Å². The van der Waals surface area contributed by atoms with Crippen molar-refractivity contribution in [3.8, 4) is 6.07 Å². The molecule has 0 radical (unpaired) electrons. The fourth-order valence-electron chi connectivity index (χ4n) is 3.15. The van der Waals surface area contributed by atoms with Crippen LogP contribution in [0.5, 0.6) is 0 Å². The topological polar surface area (TPSA) is 73.6 Å². The fraction of sp³-hybridized carbons (Fsp3) is 0.292. The number of nitrogens with one attached hydrogen (secondary N) is 2. The van der Waals surface area contributed by atoms with Crippen molar-refractivity contribution < 1.29 is 13.2 Å². The molecule has 166 valence electrons. The van der Waals surface area contributed by atoms with Crippen molar-refractivity contribution in [1.82, 2.24) is 9.97 Å². The van der Waals surface area contributed by atoms with Gasteiger partial charge in [0.1, 0.15) is 11.4 Å². The van der Waals surface area contributed by atoms with Gasteiger partial charge in [0.2, 0.25) is 5.95 Å². The van der Waals surface area contributed by atoms with Gasteiger partial charge in [-0.3, -0.25) is 0 Å². The number of unbranched alkanes of at least 4 members (excludes halogenated alkanes) is 3. The number of nitrogens with zero attached hydrogens (tertiary/aromatic N) is 3. The van der Waals surface area contributed by atoms with Gasteiger partial charge in [-0.25, -0.2) is 4.98 Å². The van der Waals surface area contributed by atoms with Crippen LogP contribution in [0.25, 0.3) is 0 Å². The number of anilines is 4. The van der Waals surface area contributed by atoms with Crippen molar-refractivity contribution in [3.63, 3.8) is 0 Å². The average molecular weight is 439 g/mol. The molecule has 0 bridgehead atoms. The molecule has 0 spiro atoms. The normalized spacial score (nSPS) is 11.1. The maximum atomic E-state index is 13.5. The minimum absolute atomic E-state index is 0.0118. The first-order valence-corrected chi connectivity index (χ1v) is 10.5. The van der Waals surface area contributed by atoms with Crippen molar-refractivity contribution in [2.24, 2.45) is 0 Å². The molecule has 3 rings (SSSR count). The van der Waals surface area contributed by atoms with Crippen LogP contribution >= 0.6 is 0 Å². The summed E-state index contributed by atoms with van der Waals surface area (Å²) in [5.74, 6) is -0.322. The van der Waals surface area contributed by atoms with Crippen LogP contribution in [0.1, 0.15) is 49.3 Å². The second-order valence-electron chi connectivity index (χ2n) is 7.40. The Balaban J connectivity index is 1.77. The van der Waals surface area contributed by atoms with Crippen molar-refractivity contribution in [2.45, 2.75) is 45.2 Å². The van der Waals surface area contributed by atoms with Crippen LogP contribution < -0.4 is 10.6 Å². The number of hydrogen-bond acceptors (Lipinski definition) is 5. The first-order chi connectivity index (χ1) is 15.4. The van der Waals surface area contributed by atoms with Gasteiger partial charge in [-0.2, -0.15) is 23.4 Å². The zero-order valence-corrected chi connectivity index (χ0v) is 17.7. The van der Waals surface area contributed by atoms with Crippen LogP contribution in [0.15, 0.2) is 54.7 Å². The van der Waals surface area contributed by atoms with E-state index < -0.39 is 11.7 Å². The second kappa shape index (κ2) is 10.6. The lowest BCUT2D eigenvalue weighted by molar-refractivity contribution is -0.137. The molecule has 5 nitrogen and oxygen atoms in total. The summed E-state index contributed by atoms with van der Waals surface area (Å²) < 4.78 is 40.5. The highest BCUT2D eigenvalue weighted by Gasteiger charge is 2.35. The molecule has 0 aliphatic carbocycles. The number of hydrogen-bond donors (Lipinski definition) is 2. The Morgan fingerprint density at radius 2 is 1.56 bits per heavy atom. The highest BCUT2D eigenvalue weighted by atomic mass is 19.4. The number of halogens is 3. The van der Waals surface area contributed by atoms with Gasteiger partial charge in [-0.05, 0) is 54.8 Å². The maximum Gasteiger partial charge on any atom is 0.421 e. The third-order valence-electron chi connectivity index (χ3n) is 4.90. The van der Waals surface area contributed by atoms with Crippen molar-refractivity contribution in [1.29, 1.82) is 5.26 Å². The minimum Gasteiger partial charge on any atom is -0.340 e.